The minimum atomic E-state index is -0.458. The second-order valence-corrected chi connectivity index (χ2v) is 4.05. The molecule has 1 aromatic rings. The molecule has 7 heteroatoms. The molecule has 2 heterocycles. The quantitative estimate of drug-likeness (QED) is 0.724. The van der Waals surface area contributed by atoms with Crippen LogP contribution in [0.2, 0.25) is 0 Å². The minimum absolute atomic E-state index is 0.240. The first-order chi connectivity index (χ1) is 9.26. The lowest BCUT2D eigenvalue weighted by Gasteiger charge is -2.27. The van der Waals surface area contributed by atoms with Crippen LogP contribution in [0.3, 0.4) is 0 Å². The molecule has 2 rings (SSSR count). The first kappa shape index (κ1) is 13.7. The van der Waals surface area contributed by atoms with Gasteiger partial charge in [-0.15, -0.1) is 0 Å². The Balaban J connectivity index is 2.26. The molecule has 0 atom stereocenters. The van der Waals surface area contributed by atoms with Crippen LogP contribution in [-0.2, 0) is 20.8 Å². The number of carbonyl (C=O) groups excluding carboxylic acids is 1. The highest BCUT2D eigenvalue weighted by atomic mass is 16.5. The lowest BCUT2D eigenvalue weighted by atomic mass is 10.2. The van der Waals surface area contributed by atoms with Crippen LogP contribution in [0.4, 0.5) is 5.95 Å². The molecule has 104 valence electrons. The van der Waals surface area contributed by atoms with Gasteiger partial charge in [-0.3, -0.25) is 0 Å². The van der Waals surface area contributed by atoms with E-state index >= 15 is 0 Å². The van der Waals surface area contributed by atoms with Crippen LogP contribution in [0.5, 0.6) is 0 Å². The van der Waals surface area contributed by atoms with Crippen molar-refractivity contribution in [1.82, 2.24) is 9.97 Å². The van der Waals surface area contributed by atoms with Crippen LogP contribution in [0.25, 0.3) is 0 Å². The molecule has 1 saturated heterocycles. The Morgan fingerprint density at radius 2 is 2.16 bits per heavy atom. The van der Waals surface area contributed by atoms with Gasteiger partial charge >= 0.3 is 5.97 Å². The van der Waals surface area contributed by atoms with E-state index in [0.29, 0.717) is 30.4 Å². The standard InChI is InChI=1S/C12H17N3O4/c1-17-8-10-9(11(16)18-2)7-13-12(14-10)15-3-5-19-6-4-15/h7H,3-6,8H2,1-2H3. The van der Waals surface area contributed by atoms with Gasteiger partial charge in [0, 0.05) is 26.4 Å². The van der Waals surface area contributed by atoms with Crippen molar-refractivity contribution in [2.24, 2.45) is 0 Å². The summed E-state index contributed by atoms with van der Waals surface area (Å²) in [5.74, 6) is 0.128. The summed E-state index contributed by atoms with van der Waals surface area (Å²) in [7, 11) is 2.88. The number of esters is 1. The van der Waals surface area contributed by atoms with E-state index in [9.17, 15) is 4.79 Å². The Bertz CT molecular complexity index is 447. The largest absolute Gasteiger partial charge is 0.465 e. The number of methoxy groups -OCH3 is 2. The number of nitrogens with zero attached hydrogens (tertiary/aromatic N) is 3. The number of rotatable bonds is 4. The van der Waals surface area contributed by atoms with Gasteiger partial charge in [0.15, 0.2) is 0 Å². The number of hydrogen-bond acceptors (Lipinski definition) is 7. The normalized spacial score (nSPS) is 15.4. The van der Waals surface area contributed by atoms with Gasteiger partial charge in [0.25, 0.3) is 0 Å². The van der Waals surface area contributed by atoms with E-state index in [-0.39, 0.29) is 6.61 Å². The van der Waals surface area contributed by atoms with Crippen molar-refractivity contribution in [2.75, 3.05) is 45.4 Å². The molecule has 0 bridgehead atoms. The number of ether oxygens (including phenoxy) is 3. The van der Waals surface area contributed by atoms with Crippen molar-refractivity contribution in [1.29, 1.82) is 0 Å². The monoisotopic (exact) mass is 267 g/mol. The third kappa shape index (κ3) is 3.18. The van der Waals surface area contributed by atoms with Crippen molar-refractivity contribution in [3.05, 3.63) is 17.5 Å². The van der Waals surface area contributed by atoms with Crippen molar-refractivity contribution >= 4 is 11.9 Å². The predicted molar refractivity (Wildman–Crippen MR) is 67.1 cm³/mol. The number of aromatic nitrogens is 2. The summed E-state index contributed by atoms with van der Waals surface area (Å²) >= 11 is 0. The van der Waals surface area contributed by atoms with Gasteiger partial charge in [-0.1, -0.05) is 0 Å². The second-order valence-electron chi connectivity index (χ2n) is 4.05. The van der Waals surface area contributed by atoms with Gasteiger partial charge in [-0.2, -0.15) is 0 Å². The fourth-order valence-electron chi connectivity index (χ4n) is 1.85. The highest BCUT2D eigenvalue weighted by molar-refractivity contribution is 5.90. The van der Waals surface area contributed by atoms with Gasteiger partial charge in [-0.05, 0) is 0 Å². The first-order valence-electron chi connectivity index (χ1n) is 6.02. The number of hydrogen-bond donors (Lipinski definition) is 0. The van der Waals surface area contributed by atoms with Crippen LogP contribution < -0.4 is 4.90 Å². The predicted octanol–water partition coefficient (Wildman–Crippen LogP) is 0.246. The Morgan fingerprint density at radius 3 is 2.79 bits per heavy atom. The zero-order valence-corrected chi connectivity index (χ0v) is 11.1. The van der Waals surface area contributed by atoms with Crippen LogP contribution >= 0.6 is 0 Å². The maximum atomic E-state index is 11.6. The second kappa shape index (κ2) is 6.44. The Morgan fingerprint density at radius 1 is 1.42 bits per heavy atom. The molecule has 1 aliphatic rings. The average molecular weight is 267 g/mol. The molecule has 1 aliphatic heterocycles. The Labute approximate surface area is 111 Å². The van der Waals surface area contributed by atoms with Crippen molar-refractivity contribution < 1.29 is 19.0 Å². The van der Waals surface area contributed by atoms with E-state index in [1.54, 1.807) is 7.11 Å². The molecule has 0 spiro atoms. The highest BCUT2D eigenvalue weighted by Crippen LogP contribution is 2.15. The van der Waals surface area contributed by atoms with Crippen molar-refractivity contribution in [3.63, 3.8) is 0 Å². The highest BCUT2D eigenvalue weighted by Gasteiger charge is 2.19. The Hall–Kier alpha value is -1.73. The molecule has 7 nitrogen and oxygen atoms in total. The molecule has 0 amide bonds. The molecule has 0 saturated carbocycles. The van der Waals surface area contributed by atoms with Gasteiger partial charge in [0.1, 0.15) is 5.56 Å². The summed E-state index contributed by atoms with van der Waals surface area (Å²) in [5, 5.41) is 0. The Kier molecular flexibility index (Phi) is 4.64. The van der Waals surface area contributed by atoms with E-state index in [2.05, 4.69) is 9.97 Å². The fourth-order valence-corrected chi connectivity index (χ4v) is 1.85. The zero-order chi connectivity index (χ0) is 13.7. The van der Waals surface area contributed by atoms with Gasteiger partial charge in [-0.25, -0.2) is 14.8 Å². The summed E-state index contributed by atoms with van der Waals surface area (Å²) < 4.78 is 15.0. The number of anilines is 1. The molecule has 0 aromatic carbocycles. The maximum absolute atomic E-state index is 11.6. The molecule has 1 aromatic heterocycles. The summed E-state index contributed by atoms with van der Waals surface area (Å²) in [6, 6.07) is 0. The van der Waals surface area contributed by atoms with Gasteiger partial charge < -0.3 is 19.1 Å². The van der Waals surface area contributed by atoms with Crippen LogP contribution in [0.15, 0.2) is 6.20 Å². The first-order valence-corrected chi connectivity index (χ1v) is 6.02. The molecular weight excluding hydrogens is 250 g/mol. The van der Waals surface area contributed by atoms with Crippen molar-refractivity contribution in [2.45, 2.75) is 6.61 Å². The molecule has 1 fully saturated rings. The average Bonchev–Trinajstić information content (AvgIpc) is 2.47. The minimum Gasteiger partial charge on any atom is -0.465 e. The summed E-state index contributed by atoms with van der Waals surface area (Å²) in [4.78, 5) is 22.2. The van der Waals surface area contributed by atoms with E-state index in [1.807, 2.05) is 4.90 Å². The lowest BCUT2D eigenvalue weighted by Crippen LogP contribution is -2.37. The van der Waals surface area contributed by atoms with E-state index in [4.69, 9.17) is 14.2 Å². The molecule has 0 N–H and O–H groups in total. The third-order valence-corrected chi connectivity index (χ3v) is 2.84. The molecule has 0 aliphatic carbocycles. The van der Waals surface area contributed by atoms with Crippen LogP contribution in [0, 0.1) is 0 Å². The van der Waals surface area contributed by atoms with Gasteiger partial charge in [0.05, 0.1) is 32.6 Å². The fraction of sp³-hybridized carbons (Fsp3) is 0.583. The SMILES string of the molecule is COCc1nc(N2CCOCC2)ncc1C(=O)OC. The summed E-state index contributed by atoms with van der Waals surface area (Å²) in [5.41, 5.74) is 0.868. The third-order valence-electron chi connectivity index (χ3n) is 2.84. The topological polar surface area (TPSA) is 73.8 Å². The molecule has 0 radical (unpaired) electrons. The van der Waals surface area contributed by atoms with Crippen LogP contribution in [-0.4, -0.2) is 56.5 Å². The van der Waals surface area contributed by atoms with E-state index in [0.717, 1.165) is 13.1 Å². The van der Waals surface area contributed by atoms with Crippen LogP contribution in [0.1, 0.15) is 16.1 Å². The smallest absolute Gasteiger partial charge is 0.341 e. The maximum Gasteiger partial charge on any atom is 0.341 e. The van der Waals surface area contributed by atoms with E-state index in [1.165, 1.54) is 13.3 Å². The van der Waals surface area contributed by atoms with Gasteiger partial charge in [0.2, 0.25) is 5.95 Å². The zero-order valence-electron chi connectivity index (χ0n) is 11.1. The summed E-state index contributed by atoms with van der Waals surface area (Å²) in [6.45, 7) is 3.03. The molecular formula is C12H17N3O4. The molecule has 0 unspecified atom stereocenters. The summed E-state index contributed by atoms with van der Waals surface area (Å²) in [6.07, 6.45) is 1.48. The van der Waals surface area contributed by atoms with Crippen molar-refractivity contribution in [3.8, 4) is 0 Å². The number of morpholine rings is 1. The number of carbonyl (C=O) groups is 1. The van der Waals surface area contributed by atoms with E-state index < -0.39 is 5.97 Å². The lowest BCUT2D eigenvalue weighted by molar-refractivity contribution is 0.0594. The molecule has 19 heavy (non-hydrogen) atoms.